The molecule has 1 unspecified atom stereocenters. The third kappa shape index (κ3) is 3.45. The molecule has 1 aliphatic heterocycles. The van der Waals surface area contributed by atoms with Crippen LogP contribution in [0.1, 0.15) is 32.0 Å². The average Bonchev–Trinajstić information content (AvgIpc) is 3.33. The van der Waals surface area contributed by atoms with Gasteiger partial charge in [-0.25, -0.2) is 4.98 Å². The molecule has 1 aromatic heterocycles. The van der Waals surface area contributed by atoms with Gasteiger partial charge in [0.1, 0.15) is 5.75 Å². The monoisotopic (exact) mass is 470 g/mol. The van der Waals surface area contributed by atoms with Crippen molar-refractivity contribution in [1.82, 2.24) is 4.98 Å². The Labute approximate surface area is 200 Å². The van der Waals surface area contributed by atoms with Gasteiger partial charge in [0.25, 0.3) is 5.91 Å². The number of benzene rings is 3. The van der Waals surface area contributed by atoms with Crippen molar-refractivity contribution in [3.8, 4) is 5.75 Å². The van der Waals surface area contributed by atoms with E-state index in [2.05, 4.69) is 4.98 Å². The molecule has 7 heteroatoms. The van der Waals surface area contributed by atoms with Crippen molar-refractivity contribution in [2.45, 2.75) is 19.9 Å². The number of anilines is 1. The van der Waals surface area contributed by atoms with Gasteiger partial charge in [0.15, 0.2) is 5.76 Å². The molecule has 34 heavy (non-hydrogen) atoms. The third-order valence-corrected chi connectivity index (χ3v) is 7.10. The number of ether oxygens (including phenoxy) is 1. The zero-order valence-electron chi connectivity index (χ0n) is 18.9. The summed E-state index contributed by atoms with van der Waals surface area (Å²) in [5.74, 6) is -0.904. The van der Waals surface area contributed by atoms with E-state index in [0.29, 0.717) is 22.0 Å². The lowest BCUT2D eigenvalue weighted by atomic mass is 9.91. The fourth-order valence-electron chi connectivity index (χ4n) is 4.49. The number of methoxy groups -OCH3 is 1. The number of amides is 1. The molecule has 1 N–H and O–H groups in total. The average molecular weight is 471 g/mol. The van der Waals surface area contributed by atoms with E-state index in [4.69, 9.17) is 4.74 Å². The van der Waals surface area contributed by atoms with E-state index in [9.17, 15) is 14.7 Å². The highest BCUT2D eigenvalue weighted by Crippen LogP contribution is 2.44. The van der Waals surface area contributed by atoms with Gasteiger partial charge in [0.2, 0.25) is 5.78 Å². The highest BCUT2D eigenvalue weighted by molar-refractivity contribution is 7.14. The largest absolute Gasteiger partial charge is 0.503 e. The smallest absolute Gasteiger partial charge is 0.294 e. The Morgan fingerprint density at radius 2 is 1.74 bits per heavy atom. The van der Waals surface area contributed by atoms with Crippen LogP contribution in [0.15, 0.2) is 78.1 Å². The Hall–Kier alpha value is -3.97. The molecular formula is C27H22N2O4S. The molecule has 3 aromatic carbocycles. The van der Waals surface area contributed by atoms with Gasteiger partial charge in [0.05, 0.1) is 34.3 Å². The number of hydrogen-bond acceptors (Lipinski definition) is 6. The van der Waals surface area contributed by atoms with E-state index in [1.54, 1.807) is 38.3 Å². The van der Waals surface area contributed by atoms with Crippen LogP contribution in [0.2, 0.25) is 0 Å². The molecule has 1 atom stereocenters. The molecule has 1 aliphatic rings. The van der Waals surface area contributed by atoms with Crippen LogP contribution < -0.4 is 9.64 Å². The van der Waals surface area contributed by atoms with Crippen molar-refractivity contribution in [3.63, 3.8) is 0 Å². The second kappa shape index (κ2) is 8.43. The van der Waals surface area contributed by atoms with Gasteiger partial charge in [-0.05, 0) is 54.4 Å². The molecule has 0 bridgehead atoms. The molecule has 170 valence electrons. The fourth-order valence-corrected chi connectivity index (χ4v) is 5.37. The van der Waals surface area contributed by atoms with Gasteiger partial charge in [-0.2, -0.15) is 0 Å². The Balaban J connectivity index is 1.74. The topological polar surface area (TPSA) is 79.7 Å². The minimum absolute atomic E-state index is 0.0592. The summed E-state index contributed by atoms with van der Waals surface area (Å²) in [6.45, 7) is 3.59. The Morgan fingerprint density at radius 3 is 2.41 bits per heavy atom. The first-order valence-corrected chi connectivity index (χ1v) is 11.6. The molecule has 6 nitrogen and oxygen atoms in total. The number of aliphatic hydroxyl groups excluding tert-OH is 1. The summed E-state index contributed by atoms with van der Waals surface area (Å²) in [4.78, 5) is 33.5. The molecule has 1 amide bonds. The standard InChI is InChI=1S/C27H22N2O4S/c1-15-26(34-16(2)28-15)24(30)22-23(21-10-6-8-17-7-4-5-9-20(17)21)29(27(32)25(22)31)18-11-13-19(33-3)14-12-18/h4-14,23,31H,1-3H3. The molecule has 5 rings (SSSR count). The predicted molar refractivity (Wildman–Crippen MR) is 133 cm³/mol. The summed E-state index contributed by atoms with van der Waals surface area (Å²) in [6.07, 6.45) is 0. The summed E-state index contributed by atoms with van der Waals surface area (Å²) in [5.41, 5.74) is 1.95. The molecule has 0 fully saturated rings. The Morgan fingerprint density at radius 1 is 1.03 bits per heavy atom. The van der Waals surface area contributed by atoms with Crippen LogP contribution in [0.5, 0.6) is 5.75 Å². The number of aliphatic hydroxyl groups is 1. The summed E-state index contributed by atoms with van der Waals surface area (Å²) >= 11 is 1.26. The van der Waals surface area contributed by atoms with E-state index < -0.39 is 17.7 Å². The van der Waals surface area contributed by atoms with Crippen LogP contribution in [0, 0.1) is 13.8 Å². The normalized spacial score (nSPS) is 15.9. The first-order chi connectivity index (χ1) is 16.4. The molecule has 0 saturated heterocycles. The quantitative estimate of drug-likeness (QED) is 0.378. The van der Waals surface area contributed by atoms with E-state index in [1.165, 1.54) is 16.2 Å². The molecule has 0 aliphatic carbocycles. The first-order valence-electron chi connectivity index (χ1n) is 10.8. The van der Waals surface area contributed by atoms with Gasteiger partial charge < -0.3 is 9.84 Å². The number of hydrogen-bond donors (Lipinski definition) is 1. The SMILES string of the molecule is COc1ccc(N2C(=O)C(O)=C(C(=O)c3sc(C)nc3C)C2c2cccc3ccccc23)cc1. The van der Waals surface area contributed by atoms with E-state index in [0.717, 1.165) is 21.3 Å². The number of carbonyl (C=O) groups is 2. The van der Waals surface area contributed by atoms with Crippen LogP contribution in [0.4, 0.5) is 5.69 Å². The Bertz CT molecular complexity index is 1460. The molecule has 0 spiro atoms. The van der Waals surface area contributed by atoms with Crippen LogP contribution >= 0.6 is 11.3 Å². The summed E-state index contributed by atoms with van der Waals surface area (Å²) < 4.78 is 5.26. The predicted octanol–water partition coefficient (Wildman–Crippen LogP) is 5.70. The van der Waals surface area contributed by atoms with Gasteiger partial charge in [-0.15, -0.1) is 11.3 Å². The maximum atomic E-state index is 13.8. The number of aryl methyl sites for hydroxylation is 2. The maximum absolute atomic E-state index is 13.8. The fraction of sp³-hybridized carbons (Fsp3) is 0.148. The van der Waals surface area contributed by atoms with E-state index >= 15 is 0 Å². The summed E-state index contributed by atoms with van der Waals surface area (Å²) in [5, 5.41) is 13.7. The van der Waals surface area contributed by atoms with Gasteiger partial charge in [-0.3, -0.25) is 14.5 Å². The second-order valence-electron chi connectivity index (χ2n) is 8.08. The van der Waals surface area contributed by atoms with Crippen LogP contribution in [-0.4, -0.2) is 28.9 Å². The molecule has 2 heterocycles. The van der Waals surface area contributed by atoms with E-state index in [1.807, 2.05) is 49.4 Å². The van der Waals surface area contributed by atoms with Gasteiger partial charge in [-0.1, -0.05) is 42.5 Å². The Kier molecular flexibility index (Phi) is 5.42. The highest BCUT2D eigenvalue weighted by Gasteiger charge is 2.45. The second-order valence-corrected chi connectivity index (χ2v) is 9.29. The number of aromatic nitrogens is 1. The lowest BCUT2D eigenvalue weighted by Crippen LogP contribution is -2.31. The zero-order chi connectivity index (χ0) is 24.0. The number of fused-ring (bicyclic) bond motifs is 1. The number of Topliss-reactive ketones (excluding diaryl/α,β-unsaturated/α-hetero) is 1. The first kappa shape index (κ1) is 21.9. The van der Waals surface area contributed by atoms with Crippen molar-refractivity contribution in [1.29, 1.82) is 0 Å². The van der Waals surface area contributed by atoms with Crippen LogP contribution in [0.3, 0.4) is 0 Å². The highest BCUT2D eigenvalue weighted by atomic mass is 32.1. The van der Waals surface area contributed by atoms with Crippen molar-refractivity contribution < 1.29 is 19.4 Å². The van der Waals surface area contributed by atoms with Crippen LogP contribution in [0.25, 0.3) is 10.8 Å². The summed E-state index contributed by atoms with van der Waals surface area (Å²) in [7, 11) is 1.57. The number of ketones is 1. The van der Waals surface area contributed by atoms with E-state index in [-0.39, 0.29) is 11.4 Å². The van der Waals surface area contributed by atoms with Crippen molar-refractivity contribution in [2.75, 3.05) is 12.0 Å². The summed E-state index contributed by atoms with van der Waals surface area (Å²) in [6, 6.07) is 19.8. The number of thiazole rings is 1. The van der Waals surface area contributed by atoms with Gasteiger partial charge >= 0.3 is 0 Å². The molecule has 0 radical (unpaired) electrons. The van der Waals surface area contributed by atoms with Crippen LogP contribution in [-0.2, 0) is 4.79 Å². The number of rotatable bonds is 5. The minimum atomic E-state index is -0.804. The van der Waals surface area contributed by atoms with Crippen molar-refractivity contribution in [3.05, 3.63) is 99.2 Å². The molecule has 4 aromatic rings. The lowest BCUT2D eigenvalue weighted by Gasteiger charge is -2.28. The van der Waals surface area contributed by atoms with Crippen molar-refractivity contribution >= 4 is 39.5 Å². The number of nitrogens with zero attached hydrogens (tertiary/aromatic N) is 2. The third-order valence-electron chi connectivity index (χ3n) is 6.03. The maximum Gasteiger partial charge on any atom is 0.294 e. The minimum Gasteiger partial charge on any atom is -0.503 e. The molecule has 0 saturated carbocycles. The lowest BCUT2D eigenvalue weighted by molar-refractivity contribution is -0.117. The zero-order valence-corrected chi connectivity index (χ0v) is 19.7. The number of carbonyl (C=O) groups excluding carboxylic acids is 2. The van der Waals surface area contributed by atoms with Gasteiger partial charge in [0, 0.05) is 5.69 Å². The molecular weight excluding hydrogens is 448 g/mol. The van der Waals surface area contributed by atoms with Crippen molar-refractivity contribution in [2.24, 2.45) is 0 Å².